The van der Waals surface area contributed by atoms with Gasteiger partial charge >= 0.3 is 0 Å². The van der Waals surface area contributed by atoms with Gasteiger partial charge in [0, 0.05) is 36.8 Å². The highest BCUT2D eigenvalue weighted by molar-refractivity contribution is 7.87. The van der Waals surface area contributed by atoms with Crippen molar-refractivity contribution < 1.29 is 22.4 Å². The summed E-state index contributed by atoms with van der Waals surface area (Å²) in [5.41, 5.74) is 1.83. The second-order valence-corrected chi connectivity index (χ2v) is 12.4. The number of rotatable bonds is 9. The molecule has 2 N–H and O–H groups in total. The average Bonchev–Trinajstić information content (AvgIpc) is 3.72. The molecular formula is C28H35FN4O4S. The molecule has 1 aliphatic heterocycles. The summed E-state index contributed by atoms with van der Waals surface area (Å²) in [5, 5.41) is 3.17. The van der Waals surface area contributed by atoms with Crippen LogP contribution in [0.4, 0.5) is 10.1 Å². The summed E-state index contributed by atoms with van der Waals surface area (Å²) in [5.74, 6) is -1.60. The van der Waals surface area contributed by atoms with Crippen LogP contribution in [-0.2, 0) is 19.8 Å². The summed E-state index contributed by atoms with van der Waals surface area (Å²) in [4.78, 5) is 29.4. The summed E-state index contributed by atoms with van der Waals surface area (Å²) < 4.78 is 43.0. The maximum atomic E-state index is 14.4. The predicted octanol–water partition coefficient (Wildman–Crippen LogP) is 3.59. The van der Waals surface area contributed by atoms with Gasteiger partial charge in [0.1, 0.15) is 11.9 Å². The van der Waals surface area contributed by atoms with Crippen LogP contribution in [0.25, 0.3) is 0 Å². The van der Waals surface area contributed by atoms with E-state index in [1.54, 1.807) is 6.07 Å². The molecule has 0 spiro atoms. The van der Waals surface area contributed by atoms with Crippen LogP contribution in [-0.4, -0.2) is 49.7 Å². The van der Waals surface area contributed by atoms with Crippen molar-refractivity contribution in [2.24, 2.45) is 5.92 Å². The molecule has 1 saturated heterocycles. The number of carbonyl (C=O) groups is 2. The highest BCUT2D eigenvalue weighted by Gasteiger charge is 2.44. The summed E-state index contributed by atoms with van der Waals surface area (Å²) in [7, 11) is -3.52. The highest BCUT2D eigenvalue weighted by Crippen LogP contribution is 2.37. The Morgan fingerprint density at radius 3 is 2.37 bits per heavy atom. The standard InChI is InChI=1S/C28H35FN4O4S/c1-19-8-5-6-13-25(19)26(27(34)30-22-10-3-2-4-11-22)33(24-12-7-9-21(29)18-24)28(35)20-16-23(17-20)31-38(36,37)32-14-15-32/h5-9,12-13,18,20,22-23,26,31H,2-4,10-11,14-17H2,1H3,(H,30,34)/t20-,23-,26-/m0/s1. The normalized spacial score (nSPS) is 22.8. The van der Waals surface area contributed by atoms with Gasteiger partial charge in [-0.25, -0.2) is 4.39 Å². The van der Waals surface area contributed by atoms with Crippen molar-refractivity contribution in [1.29, 1.82) is 0 Å². The Labute approximate surface area is 223 Å². The molecule has 2 saturated carbocycles. The van der Waals surface area contributed by atoms with Gasteiger partial charge in [-0.15, -0.1) is 0 Å². The van der Waals surface area contributed by atoms with E-state index in [2.05, 4.69) is 10.0 Å². The minimum atomic E-state index is -3.52. The molecule has 38 heavy (non-hydrogen) atoms. The first-order valence-electron chi connectivity index (χ1n) is 13.4. The number of nitrogens with zero attached hydrogens (tertiary/aromatic N) is 2. The van der Waals surface area contributed by atoms with Crippen LogP contribution in [0.5, 0.6) is 0 Å². The molecule has 2 aliphatic carbocycles. The third-order valence-corrected chi connectivity index (χ3v) is 9.49. The zero-order chi connectivity index (χ0) is 26.9. The summed E-state index contributed by atoms with van der Waals surface area (Å²) >= 11 is 0. The lowest BCUT2D eigenvalue weighted by Crippen LogP contribution is -2.54. The number of anilines is 1. The molecule has 0 bridgehead atoms. The van der Waals surface area contributed by atoms with Gasteiger partial charge in [-0.2, -0.15) is 17.4 Å². The van der Waals surface area contributed by atoms with Crippen LogP contribution in [0, 0.1) is 18.7 Å². The number of nitrogens with one attached hydrogen (secondary N) is 2. The molecule has 2 amide bonds. The van der Waals surface area contributed by atoms with E-state index in [0.29, 0.717) is 37.2 Å². The van der Waals surface area contributed by atoms with Crippen LogP contribution in [0.3, 0.4) is 0 Å². The smallest absolute Gasteiger partial charge is 0.279 e. The molecule has 8 nitrogen and oxygen atoms in total. The van der Waals surface area contributed by atoms with Crippen molar-refractivity contribution in [2.45, 2.75) is 70.0 Å². The van der Waals surface area contributed by atoms with Crippen molar-refractivity contribution in [1.82, 2.24) is 14.3 Å². The van der Waals surface area contributed by atoms with Gasteiger partial charge in [-0.3, -0.25) is 14.5 Å². The molecular weight excluding hydrogens is 507 g/mol. The predicted molar refractivity (Wildman–Crippen MR) is 143 cm³/mol. The minimum Gasteiger partial charge on any atom is -0.351 e. The molecule has 3 aliphatic rings. The van der Waals surface area contributed by atoms with E-state index < -0.39 is 28.0 Å². The van der Waals surface area contributed by atoms with Gasteiger partial charge in [0.25, 0.3) is 10.2 Å². The Balaban J connectivity index is 1.45. The summed E-state index contributed by atoms with van der Waals surface area (Å²) in [6, 6.07) is 11.9. The fourth-order valence-corrected chi connectivity index (χ4v) is 6.85. The van der Waals surface area contributed by atoms with E-state index in [1.165, 1.54) is 27.4 Å². The van der Waals surface area contributed by atoms with E-state index >= 15 is 0 Å². The van der Waals surface area contributed by atoms with Crippen LogP contribution in [0.1, 0.15) is 62.1 Å². The molecule has 0 radical (unpaired) electrons. The second-order valence-electron chi connectivity index (χ2n) is 10.7. The highest BCUT2D eigenvalue weighted by atomic mass is 32.2. The lowest BCUT2D eigenvalue weighted by Gasteiger charge is -2.41. The Bertz CT molecular complexity index is 1290. The first-order chi connectivity index (χ1) is 18.2. The Kier molecular flexibility index (Phi) is 7.83. The van der Waals surface area contributed by atoms with Crippen molar-refractivity contribution in [2.75, 3.05) is 18.0 Å². The third-order valence-electron chi connectivity index (χ3n) is 7.81. The number of carbonyl (C=O) groups excluding carboxylic acids is 2. The van der Waals surface area contributed by atoms with Crippen molar-refractivity contribution in [3.63, 3.8) is 0 Å². The van der Waals surface area contributed by atoms with Crippen molar-refractivity contribution >= 4 is 27.7 Å². The van der Waals surface area contributed by atoms with Gasteiger partial charge in [-0.05, 0) is 61.9 Å². The molecule has 2 aromatic rings. The average molecular weight is 543 g/mol. The molecule has 1 atom stereocenters. The zero-order valence-corrected chi connectivity index (χ0v) is 22.4. The topological polar surface area (TPSA) is 98.6 Å². The quantitative estimate of drug-likeness (QED) is 0.473. The van der Waals surface area contributed by atoms with Gasteiger partial charge in [0.15, 0.2) is 0 Å². The fraction of sp³-hybridized carbons (Fsp3) is 0.500. The van der Waals surface area contributed by atoms with E-state index in [4.69, 9.17) is 0 Å². The number of amides is 2. The molecule has 0 unspecified atom stereocenters. The van der Waals surface area contributed by atoms with Gasteiger partial charge in [0.05, 0.1) is 0 Å². The number of benzene rings is 2. The molecule has 204 valence electrons. The lowest BCUT2D eigenvalue weighted by molar-refractivity contribution is -0.130. The number of aryl methyl sites for hydroxylation is 1. The maximum absolute atomic E-state index is 14.4. The molecule has 0 aromatic heterocycles. The fourth-order valence-electron chi connectivity index (χ4n) is 5.53. The summed E-state index contributed by atoms with van der Waals surface area (Å²) in [6.45, 7) is 2.91. The maximum Gasteiger partial charge on any atom is 0.279 e. The first-order valence-corrected chi connectivity index (χ1v) is 14.9. The van der Waals surface area contributed by atoms with Gasteiger partial charge in [0.2, 0.25) is 11.8 Å². The van der Waals surface area contributed by atoms with Crippen molar-refractivity contribution in [3.8, 4) is 0 Å². The zero-order valence-electron chi connectivity index (χ0n) is 21.6. The van der Waals surface area contributed by atoms with Crippen LogP contribution < -0.4 is 14.9 Å². The monoisotopic (exact) mass is 542 g/mol. The van der Waals surface area contributed by atoms with Gasteiger partial charge in [-0.1, -0.05) is 49.6 Å². The molecule has 3 fully saturated rings. The van der Waals surface area contributed by atoms with E-state index in [1.807, 2.05) is 31.2 Å². The summed E-state index contributed by atoms with van der Waals surface area (Å²) in [6.07, 6.45) is 5.66. The SMILES string of the molecule is Cc1ccccc1[C@@H](C(=O)NC1CCCCC1)N(c1cccc(F)c1)C(=O)[C@H]1C[C@H](NS(=O)(=O)N2CC2)C1. The lowest BCUT2D eigenvalue weighted by atomic mass is 9.79. The third kappa shape index (κ3) is 5.92. The molecule has 1 heterocycles. The van der Waals surface area contributed by atoms with Crippen LogP contribution in [0.2, 0.25) is 0 Å². The Morgan fingerprint density at radius 2 is 1.71 bits per heavy atom. The Hall–Kier alpha value is -2.82. The van der Waals surface area contributed by atoms with Crippen molar-refractivity contribution in [3.05, 3.63) is 65.5 Å². The Morgan fingerprint density at radius 1 is 1.00 bits per heavy atom. The van der Waals surface area contributed by atoms with Crippen LogP contribution >= 0.6 is 0 Å². The van der Waals surface area contributed by atoms with E-state index in [0.717, 1.165) is 37.7 Å². The van der Waals surface area contributed by atoms with Gasteiger partial charge < -0.3 is 5.32 Å². The minimum absolute atomic E-state index is 0.0344. The van der Waals surface area contributed by atoms with E-state index in [-0.39, 0.29) is 23.9 Å². The number of hydrogen-bond acceptors (Lipinski definition) is 4. The first kappa shape index (κ1) is 26.8. The molecule has 2 aromatic carbocycles. The number of halogens is 1. The second kappa shape index (κ2) is 11.1. The van der Waals surface area contributed by atoms with Crippen LogP contribution in [0.15, 0.2) is 48.5 Å². The van der Waals surface area contributed by atoms with E-state index in [9.17, 15) is 22.4 Å². The number of hydrogen-bond donors (Lipinski definition) is 2. The molecule has 5 rings (SSSR count). The largest absolute Gasteiger partial charge is 0.351 e. The molecule has 10 heteroatoms.